The van der Waals surface area contributed by atoms with Gasteiger partial charge in [-0.25, -0.2) is 0 Å². The molecule has 0 atom stereocenters. The number of benzene rings is 6. The quantitative estimate of drug-likeness (QED) is 0.167. The van der Waals surface area contributed by atoms with Gasteiger partial charge in [0.2, 0.25) is 0 Å². The molecule has 0 fully saturated rings. The van der Waals surface area contributed by atoms with E-state index in [0.29, 0.717) is 0 Å². The monoisotopic (exact) mass is 864 g/mol. The van der Waals surface area contributed by atoms with Gasteiger partial charge in [0.1, 0.15) is 0 Å². The van der Waals surface area contributed by atoms with Crippen molar-refractivity contribution >= 4 is 48.0 Å². The number of hydrogen-bond acceptors (Lipinski definition) is 0. The fourth-order valence-electron chi connectivity index (χ4n) is 9.05. The molecule has 0 heterocycles. The Balaban J connectivity index is 0.00000249. The third-order valence-corrected chi connectivity index (χ3v) is 20.1. The van der Waals surface area contributed by atoms with Crippen LogP contribution in [-0.2, 0) is 32.1 Å². The van der Waals surface area contributed by atoms with E-state index in [9.17, 15) is 0 Å². The Hall–Kier alpha value is -2.77. The number of rotatable bonds is 4. The first-order valence-corrected chi connectivity index (χ1v) is 23.1. The van der Waals surface area contributed by atoms with Gasteiger partial charge in [-0.3, -0.25) is 0 Å². The molecule has 54 heavy (non-hydrogen) atoms. The van der Waals surface area contributed by atoms with E-state index in [2.05, 4.69) is 159 Å². The molecule has 0 radical (unpaired) electrons. The normalized spacial score (nSPS) is 13.5. The van der Waals surface area contributed by atoms with Crippen LogP contribution in [0.4, 0.5) is 0 Å². The van der Waals surface area contributed by atoms with Crippen molar-refractivity contribution in [3.63, 3.8) is 0 Å². The van der Waals surface area contributed by atoms with Crippen LogP contribution in [0.3, 0.4) is 0 Å². The molecule has 0 saturated heterocycles. The molecule has 0 N–H and O–H groups in total. The van der Waals surface area contributed by atoms with E-state index in [0.717, 1.165) is 27.2 Å². The van der Waals surface area contributed by atoms with Gasteiger partial charge < -0.3 is 24.8 Å². The zero-order valence-electron chi connectivity index (χ0n) is 32.3. The van der Waals surface area contributed by atoms with Gasteiger partial charge in [0, 0.05) is 0 Å². The van der Waals surface area contributed by atoms with Crippen LogP contribution in [0.1, 0.15) is 96.1 Å². The van der Waals surface area contributed by atoms with Gasteiger partial charge in [0.15, 0.2) is 0 Å². The Morgan fingerprint density at radius 1 is 0.593 bits per heavy atom. The molecule has 0 saturated carbocycles. The van der Waals surface area contributed by atoms with Crippen LogP contribution in [-0.4, -0.2) is 3.21 Å². The SMILES string of the molecule is Cc1cc2c(cc1C(C)(C)C)-c1cc(C(C)(C)C)c(C)cc1[CH]2[Zr+2]([C]1=CC=CC1)=[C](c1cccc2c(Cl)cccc12)c1cccc2c(Cl)cccc12.[Cl-].[Cl-]. The van der Waals surface area contributed by atoms with Crippen molar-refractivity contribution in [3.05, 3.63) is 173 Å². The maximum absolute atomic E-state index is 6.97. The number of aryl methyl sites for hydroxylation is 2. The molecule has 0 unspecified atom stereocenters. The summed E-state index contributed by atoms with van der Waals surface area (Å²) < 4.78 is 3.42. The molecule has 0 spiro atoms. The number of hydrogen-bond donors (Lipinski definition) is 0. The van der Waals surface area contributed by atoms with Crippen molar-refractivity contribution in [1.82, 2.24) is 0 Å². The summed E-state index contributed by atoms with van der Waals surface area (Å²) in [4.78, 5) is 0. The van der Waals surface area contributed by atoms with Crippen molar-refractivity contribution < 1.29 is 46.1 Å². The van der Waals surface area contributed by atoms with E-state index in [4.69, 9.17) is 23.2 Å². The number of halogens is 4. The largest absolute Gasteiger partial charge is 1.00 e. The van der Waals surface area contributed by atoms with Gasteiger partial charge in [-0.15, -0.1) is 0 Å². The summed E-state index contributed by atoms with van der Waals surface area (Å²) in [5.41, 5.74) is 14.2. The van der Waals surface area contributed by atoms with Gasteiger partial charge in [-0.05, 0) is 0 Å². The molecule has 0 bridgehead atoms. The minimum atomic E-state index is -3.06. The van der Waals surface area contributed by atoms with E-state index in [1.807, 2.05) is 12.1 Å². The molecule has 6 aromatic rings. The first-order valence-electron chi connectivity index (χ1n) is 18.5. The van der Waals surface area contributed by atoms with Crippen LogP contribution >= 0.6 is 23.2 Å². The Kier molecular flexibility index (Phi) is 11.6. The summed E-state index contributed by atoms with van der Waals surface area (Å²) in [5.74, 6) is 0. The third kappa shape index (κ3) is 6.97. The summed E-state index contributed by atoms with van der Waals surface area (Å²) in [6.07, 6.45) is 8.13. The standard InChI is InChI=1S/C23H29.C21H12Cl2.C5H5.2ClH.Zr/c1-14-9-16-11-17-10-15(2)21(23(6,7)8)13-19(17)18(16)12-20(14)22(3,4)5;22-20-11-3-7-16-14(5-1-9-18(16)20)13-15-6-2-10-19-17(15)8-4-12-21(19)23;1-2-4-5-3-1;;;/h9-13H,1-8H3;1-12H;1-3H,4H2;2*1H;/q;;;;;+2/p-2. The van der Waals surface area contributed by atoms with Gasteiger partial charge in [-0.1, -0.05) is 0 Å². The van der Waals surface area contributed by atoms with Crippen LogP contribution in [0.2, 0.25) is 10.0 Å². The number of allylic oxidation sites excluding steroid dienone is 4. The molecular formula is C49H46Cl4Zr. The van der Waals surface area contributed by atoms with Crippen molar-refractivity contribution in [2.75, 3.05) is 0 Å². The van der Waals surface area contributed by atoms with E-state index in [1.165, 1.54) is 69.6 Å². The summed E-state index contributed by atoms with van der Waals surface area (Å²) in [6, 6.07) is 36.6. The van der Waals surface area contributed by atoms with Crippen LogP contribution in [0, 0.1) is 13.8 Å². The molecule has 5 heteroatoms. The summed E-state index contributed by atoms with van der Waals surface area (Å²) in [6.45, 7) is 18.8. The first-order chi connectivity index (χ1) is 24.7. The summed E-state index contributed by atoms with van der Waals surface area (Å²) in [7, 11) is 0. The van der Waals surface area contributed by atoms with Gasteiger partial charge in [-0.2, -0.15) is 0 Å². The minimum absolute atomic E-state index is 0. The predicted octanol–water partition coefficient (Wildman–Crippen LogP) is 8.32. The fraction of sp³-hybridized carbons (Fsp3) is 0.245. The fourth-order valence-corrected chi connectivity index (χ4v) is 18.6. The predicted molar refractivity (Wildman–Crippen MR) is 224 cm³/mol. The molecule has 6 aromatic carbocycles. The van der Waals surface area contributed by atoms with Crippen LogP contribution < -0.4 is 24.8 Å². The van der Waals surface area contributed by atoms with Crippen LogP contribution in [0.25, 0.3) is 32.7 Å². The molecule has 2 aliphatic carbocycles. The maximum Gasteiger partial charge on any atom is -1.00 e. The van der Waals surface area contributed by atoms with E-state index < -0.39 is 21.3 Å². The molecule has 274 valence electrons. The molecule has 0 amide bonds. The van der Waals surface area contributed by atoms with Crippen molar-refractivity contribution in [2.45, 2.75) is 76.3 Å². The minimum Gasteiger partial charge on any atom is -1.00 e. The second kappa shape index (κ2) is 15.3. The van der Waals surface area contributed by atoms with Crippen LogP contribution in [0.5, 0.6) is 0 Å². The topological polar surface area (TPSA) is 0 Å². The number of fused-ring (bicyclic) bond motifs is 5. The second-order valence-electron chi connectivity index (χ2n) is 16.8. The molecule has 2 aliphatic rings. The Morgan fingerprint density at radius 3 is 1.43 bits per heavy atom. The Labute approximate surface area is 351 Å². The Morgan fingerprint density at radius 2 is 1.02 bits per heavy atom. The third-order valence-electron chi connectivity index (χ3n) is 11.3. The average molecular weight is 868 g/mol. The van der Waals surface area contributed by atoms with Crippen LogP contribution in [0.15, 0.2) is 119 Å². The second-order valence-corrected chi connectivity index (χ2v) is 23.9. The van der Waals surface area contributed by atoms with E-state index in [1.54, 1.807) is 3.28 Å². The van der Waals surface area contributed by atoms with Gasteiger partial charge in [0.05, 0.1) is 0 Å². The zero-order chi connectivity index (χ0) is 36.7. The summed E-state index contributed by atoms with van der Waals surface area (Å²) >= 11 is 10.9. The van der Waals surface area contributed by atoms with Gasteiger partial charge in [0.25, 0.3) is 0 Å². The van der Waals surface area contributed by atoms with Crippen molar-refractivity contribution in [2.24, 2.45) is 0 Å². The summed E-state index contributed by atoms with van der Waals surface area (Å²) in [5, 5.41) is 6.21. The molecule has 0 aromatic heterocycles. The Bertz CT molecular complexity index is 2400. The first kappa shape index (κ1) is 40.9. The van der Waals surface area contributed by atoms with Gasteiger partial charge >= 0.3 is 330 Å². The van der Waals surface area contributed by atoms with E-state index >= 15 is 0 Å². The van der Waals surface area contributed by atoms with E-state index in [-0.39, 0.29) is 39.3 Å². The average Bonchev–Trinajstić information content (AvgIpc) is 3.72. The molecule has 8 rings (SSSR count). The maximum atomic E-state index is 6.97. The van der Waals surface area contributed by atoms with Crippen molar-refractivity contribution in [3.8, 4) is 11.1 Å². The smallest absolute Gasteiger partial charge is 1.00 e. The molecule has 0 nitrogen and oxygen atoms in total. The zero-order valence-corrected chi connectivity index (χ0v) is 37.7. The molecular weight excluding hydrogens is 822 g/mol. The van der Waals surface area contributed by atoms with Crippen molar-refractivity contribution in [1.29, 1.82) is 0 Å². The molecule has 0 aliphatic heterocycles.